The summed E-state index contributed by atoms with van der Waals surface area (Å²) in [5.74, 6) is -2.15. The Labute approximate surface area is 217 Å². The van der Waals surface area contributed by atoms with Crippen LogP contribution in [0.3, 0.4) is 0 Å². The van der Waals surface area contributed by atoms with Gasteiger partial charge in [0.1, 0.15) is 18.0 Å². The van der Waals surface area contributed by atoms with E-state index in [0.29, 0.717) is 75.1 Å². The van der Waals surface area contributed by atoms with Crippen LogP contribution in [0, 0.1) is 17.5 Å². The molecule has 2 N–H and O–H groups in total. The first-order chi connectivity index (χ1) is 18.3. The molecule has 0 saturated carbocycles. The molecule has 4 heterocycles. The van der Waals surface area contributed by atoms with Crippen LogP contribution in [0.2, 0.25) is 0 Å². The molecule has 5 rings (SSSR count). The SMILES string of the molecule is CCc1noc(N2CCC(COc3cnc(N4CC(N)C(c5cc(F)c(F)cc5F)C4)nc3)(OC)CC2)n1. The Bertz CT molecular complexity index is 1250. The van der Waals surface area contributed by atoms with Crippen LogP contribution < -0.4 is 20.3 Å². The molecule has 1 aromatic carbocycles. The highest BCUT2D eigenvalue weighted by Crippen LogP contribution is 2.32. The van der Waals surface area contributed by atoms with Crippen LogP contribution in [0.5, 0.6) is 5.75 Å². The van der Waals surface area contributed by atoms with Gasteiger partial charge in [0.25, 0.3) is 0 Å². The van der Waals surface area contributed by atoms with Crippen LogP contribution in [0.4, 0.5) is 25.1 Å². The second-order valence-corrected chi connectivity index (χ2v) is 9.69. The van der Waals surface area contributed by atoms with E-state index in [1.54, 1.807) is 24.4 Å². The highest BCUT2D eigenvalue weighted by atomic mass is 19.2. The van der Waals surface area contributed by atoms with Gasteiger partial charge in [-0.05, 0) is 24.5 Å². The fourth-order valence-electron chi connectivity index (χ4n) is 4.94. The molecule has 204 valence electrons. The topological polar surface area (TPSA) is 116 Å². The summed E-state index contributed by atoms with van der Waals surface area (Å²) in [5, 5.41) is 3.96. The van der Waals surface area contributed by atoms with E-state index < -0.39 is 35.0 Å². The molecule has 38 heavy (non-hydrogen) atoms. The minimum atomic E-state index is -1.23. The smallest absolute Gasteiger partial charge is 0.324 e. The van der Waals surface area contributed by atoms with Crippen molar-refractivity contribution in [2.75, 3.05) is 49.7 Å². The van der Waals surface area contributed by atoms with Crippen LogP contribution in [0.1, 0.15) is 37.1 Å². The average Bonchev–Trinajstić information content (AvgIpc) is 3.57. The highest BCUT2D eigenvalue weighted by molar-refractivity contribution is 5.39. The summed E-state index contributed by atoms with van der Waals surface area (Å²) in [4.78, 5) is 17.0. The maximum absolute atomic E-state index is 14.3. The van der Waals surface area contributed by atoms with Crippen LogP contribution in [-0.4, -0.2) is 71.6 Å². The maximum Gasteiger partial charge on any atom is 0.324 e. The maximum atomic E-state index is 14.3. The Morgan fingerprint density at radius 2 is 1.76 bits per heavy atom. The molecule has 13 heteroatoms. The zero-order valence-corrected chi connectivity index (χ0v) is 21.2. The second-order valence-electron chi connectivity index (χ2n) is 9.69. The molecule has 10 nitrogen and oxygen atoms in total. The van der Waals surface area contributed by atoms with Crippen LogP contribution in [0.15, 0.2) is 29.0 Å². The molecule has 0 amide bonds. The summed E-state index contributed by atoms with van der Waals surface area (Å²) in [6.07, 6.45) is 5.25. The lowest BCUT2D eigenvalue weighted by molar-refractivity contribution is -0.0609. The predicted molar refractivity (Wildman–Crippen MR) is 132 cm³/mol. The first-order valence-electron chi connectivity index (χ1n) is 12.5. The lowest BCUT2D eigenvalue weighted by Gasteiger charge is -2.39. The van der Waals surface area contributed by atoms with Crippen molar-refractivity contribution in [1.29, 1.82) is 0 Å². The zero-order chi connectivity index (χ0) is 26.9. The number of rotatable bonds is 8. The number of aromatic nitrogens is 4. The average molecular weight is 534 g/mol. The Balaban J connectivity index is 1.17. The number of nitrogens with zero attached hydrogens (tertiary/aromatic N) is 6. The molecule has 3 aromatic rings. The van der Waals surface area contributed by atoms with Crippen molar-refractivity contribution >= 4 is 12.0 Å². The number of benzene rings is 1. The minimum absolute atomic E-state index is 0.0414. The number of hydrogen-bond donors (Lipinski definition) is 1. The van der Waals surface area contributed by atoms with Gasteiger partial charge in [0.05, 0.1) is 12.4 Å². The largest absolute Gasteiger partial charge is 0.487 e. The number of piperidine rings is 1. The van der Waals surface area contributed by atoms with E-state index in [1.165, 1.54) is 0 Å². The van der Waals surface area contributed by atoms with E-state index in [-0.39, 0.29) is 12.1 Å². The molecule has 0 aliphatic carbocycles. The second kappa shape index (κ2) is 10.7. The Morgan fingerprint density at radius 3 is 2.42 bits per heavy atom. The molecule has 0 radical (unpaired) electrons. The van der Waals surface area contributed by atoms with Crippen molar-refractivity contribution < 1.29 is 27.2 Å². The fraction of sp³-hybridized carbons (Fsp3) is 0.520. The standard InChI is InChI=1S/C25H30F3N7O3/c1-3-22-32-24(38-33-22)34-6-4-25(36-2,5-7-34)14-37-15-10-30-23(31-11-15)35-12-17(21(29)13-35)16-8-19(27)20(28)9-18(16)26/h8-11,17,21H,3-7,12-14,29H2,1-2H3. The van der Waals surface area contributed by atoms with E-state index in [1.807, 2.05) is 11.8 Å². The molecule has 2 fully saturated rings. The van der Waals surface area contributed by atoms with Gasteiger partial charge in [-0.15, -0.1) is 0 Å². The lowest BCUT2D eigenvalue weighted by Crippen LogP contribution is -2.49. The molecule has 2 unspecified atom stereocenters. The summed E-state index contributed by atoms with van der Waals surface area (Å²) in [6, 6.07) is 1.44. The highest BCUT2D eigenvalue weighted by Gasteiger charge is 2.38. The predicted octanol–water partition coefficient (Wildman–Crippen LogP) is 2.83. The number of aryl methyl sites for hydroxylation is 1. The van der Waals surface area contributed by atoms with Crippen molar-refractivity contribution in [2.24, 2.45) is 5.73 Å². The van der Waals surface area contributed by atoms with E-state index in [0.717, 1.165) is 6.07 Å². The van der Waals surface area contributed by atoms with Gasteiger partial charge in [0.15, 0.2) is 23.2 Å². The van der Waals surface area contributed by atoms with Gasteiger partial charge < -0.3 is 29.5 Å². The van der Waals surface area contributed by atoms with Gasteiger partial charge >= 0.3 is 6.01 Å². The summed E-state index contributed by atoms with van der Waals surface area (Å²) in [7, 11) is 1.67. The molecular formula is C25H30F3N7O3. The Kier molecular flexibility index (Phi) is 7.39. The molecule has 2 aromatic heterocycles. The van der Waals surface area contributed by atoms with Gasteiger partial charge in [0.2, 0.25) is 5.95 Å². The molecule has 2 aliphatic heterocycles. The summed E-state index contributed by atoms with van der Waals surface area (Å²) < 4.78 is 58.5. The summed E-state index contributed by atoms with van der Waals surface area (Å²) >= 11 is 0. The fourth-order valence-corrected chi connectivity index (χ4v) is 4.94. The molecule has 2 saturated heterocycles. The first-order valence-corrected chi connectivity index (χ1v) is 12.5. The molecule has 2 atom stereocenters. The van der Waals surface area contributed by atoms with Crippen LogP contribution >= 0.6 is 0 Å². The van der Waals surface area contributed by atoms with Gasteiger partial charge in [-0.25, -0.2) is 23.1 Å². The van der Waals surface area contributed by atoms with E-state index in [9.17, 15) is 13.2 Å². The third kappa shape index (κ3) is 5.25. The van der Waals surface area contributed by atoms with Gasteiger partial charge in [-0.3, -0.25) is 0 Å². The number of hydrogen-bond acceptors (Lipinski definition) is 10. The van der Waals surface area contributed by atoms with E-state index in [2.05, 4.69) is 20.1 Å². The number of anilines is 2. The van der Waals surface area contributed by atoms with Crippen molar-refractivity contribution in [3.8, 4) is 5.75 Å². The van der Waals surface area contributed by atoms with Crippen molar-refractivity contribution in [2.45, 2.75) is 43.7 Å². The number of ether oxygens (including phenoxy) is 2. The first kappa shape index (κ1) is 26.2. The van der Waals surface area contributed by atoms with Crippen molar-refractivity contribution in [1.82, 2.24) is 20.1 Å². The van der Waals surface area contributed by atoms with Crippen molar-refractivity contribution in [3.63, 3.8) is 0 Å². The van der Waals surface area contributed by atoms with Crippen molar-refractivity contribution in [3.05, 3.63) is 53.4 Å². The third-order valence-electron chi connectivity index (χ3n) is 7.36. The Hall–Kier alpha value is -3.45. The van der Waals surface area contributed by atoms with E-state index >= 15 is 0 Å². The quantitative estimate of drug-likeness (QED) is 0.434. The molecular weight excluding hydrogens is 503 g/mol. The number of halogens is 3. The number of nitrogens with two attached hydrogens (primary N) is 1. The van der Waals surface area contributed by atoms with E-state index in [4.69, 9.17) is 19.7 Å². The number of methoxy groups -OCH3 is 1. The molecule has 0 spiro atoms. The normalized spacial score (nSPS) is 21.2. The molecule has 2 aliphatic rings. The van der Waals surface area contributed by atoms with Crippen LogP contribution in [-0.2, 0) is 11.2 Å². The molecule has 0 bridgehead atoms. The van der Waals surface area contributed by atoms with Crippen LogP contribution in [0.25, 0.3) is 0 Å². The monoisotopic (exact) mass is 533 g/mol. The lowest BCUT2D eigenvalue weighted by atomic mass is 9.92. The minimum Gasteiger partial charge on any atom is -0.487 e. The van der Waals surface area contributed by atoms with Gasteiger partial charge in [-0.1, -0.05) is 12.1 Å². The zero-order valence-electron chi connectivity index (χ0n) is 21.2. The van der Waals surface area contributed by atoms with Gasteiger partial charge in [0, 0.05) is 57.7 Å². The Morgan fingerprint density at radius 1 is 1.05 bits per heavy atom. The third-order valence-corrected chi connectivity index (χ3v) is 7.36. The summed E-state index contributed by atoms with van der Waals surface area (Å²) in [5.41, 5.74) is 5.77. The van der Waals surface area contributed by atoms with Gasteiger partial charge in [-0.2, -0.15) is 4.98 Å². The summed E-state index contributed by atoms with van der Waals surface area (Å²) in [6.45, 7) is 4.28.